The maximum Gasteiger partial charge on any atom is 0.269 e. The van der Waals surface area contributed by atoms with E-state index < -0.39 is 0 Å². The van der Waals surface area contributed by atoms with E-state index in [1.54, 1.807) is 16.9 Å². The van der Waals surface area contributed by atoms with Gasteiger partial charge in [-0.25, -0.2) is 0 Å². The number of hydrogen-bond acceptors (Lipinski definition) is 3. The lowest BCUT2D eigenvalue weighted by Gasteiger charge is -2.15. The Hall–Kier alpha value is -2.89. The van der Waals surface area contributed by atoms with Crippen LogP contribution in [0.3, 0.4) is 0 Å². The standard InChI is InChI=1S/C19H21N5O/c1-12(14-7-6-13-4-3-5-15(13)8-14)21-19(25)18-9-17(22-23-18)16-10-20-24(2)11-16/h6-12H,3-5H2,1-2H3,(H,21,25)(H,22,23)/t12-/m0/s1. The molecule has 3 aromatic rings. The van der Waals surface area contributed by atoms with E-state index in [4.69, 9.17) is 0 Å². The first-order valence-corrected chi connectivity index (χ1v) is 8.57. The molecule has 1 atom stereocenters. The van der Waals surface area contributed by atoms with E-state index in [1.165, 1.54) is 24.0 Å². The Labute approximate surface area is 146 Å². The van der Waals surface area contributed by atoms with Gasteiger partial charge in [0.2, 0.25) is 0 Å². The summed E-state index contributed by atoms with van der Waals surface area (Å²) in [7, 11) is 1.85. The number of aryl methyl sites for hydroxylation is 3. The molecule has 0 radical (unpaired) electrons. The van der Waals surface area contributed by atoms with Gasteiger partial charge in [0, 0.05) is 18.8 Å². The molecule has 6 nitrogen and oxygen atoms in total. The summed E-state index contributed by atoms with van der Waals surface area (Å²) in [6, 6.07) is 8.23. The van der Waals surface area contributed by atoms with Crippen LogP contribution in [-0.2, 0) is 19.9 Å². The monoisotopic (exact) mass is 335 g/mol. The number of carbonyl (C=O) groups is 1. The number of aromatic nitrogens is 4. The molecule has 1 aliphatic carbocycles. The topological polar surface area (TPSA) is 75.6 Å². The van der Waals surface area contributed by atoms with Gasteiger partial charge in [0.25, 0.3) is 5.91 Å². The van der Waals surface area contributed by atoms with Crippen LogP contribution >= 0.6 is 0 Å². The van der Waals surface area contributed by atoms with Crippen LogP contribution < -0.4 is 5.32 Å². The lowest BCUT2D eigenvalue weighted by Crippen LogP contribution is -2.27. The fraction of sp³-hybridized carbons (Fsp3) is 0.316. The first-order valence-electron chi connectivity index (χ1n) is 8.57. The largest absolute Gasteiger partial charge is 0.344 e. The molecule has 128 valence electrons. The van der Waals surface area contributed by atoms with Crippen molar-refractivity contribution in [2.24, 2.45) is 7.05 Å². The number of carbonyl (C=O) groups excluding carboxylic acids is 1. The molecule has 4 rings (SSSR count). The average molecular weight is 335 g/mol. The Kier molecular flexibility index (Phi) is 3.87. The molecule has 0 spiro atoms. The van der Waals surface area contributed by atoms with Gasteiger partial charge in [0.15, 0.2) is 0 Å². The number of H-pyrrole nitrogens is 1. The zero-order valence-corrected chi connectivity index (χ0v) is 14.4. The summed E-state index contributed by atoms with van der Waals surface area (Å²) in [6.45, 7) is 2.01. The quantitative estimate of drug-likeness (QED) is 0.770. The molecule has 0 fully saturated rings. The van der Waals surface area contributed by atoms with Crippen LogP contribution in [0.4, 0.5) is 0 Å². The molecular formula is C19H21N5O. The summed E-state index contributed by atoms with van der Waals surface area (Å²) >= 11 is 0. The molecule has 0 bridgehead atoms. The smallest absolute Gasteiger partial charge is 0.269 e. The second kappa shape index (κ2) is 6.20. The van der Waals surface area contributed by atoms with Gasteiger partial charge < -0.3 is 5.32 Å². The van der Waals surface area contributed by atoms with Crippen molar-refractivity contribution in [3.8, 4) is 11.3 Å². The second-order valence-electron chi connectivity index (χ2n) is 6.65. The molecule has 1 aliphatic rings. The van der Waals surface area contributed by atoms with Crippen LogP contribution in [0.25, 0.3) is 11.3 Å². The molecular weight excluding hydrogens is 314 g/mol. The maximum atomic E-state index is 12.5. The van der Waals surface area contributed by atoms with E-state index in [-0.39, 0.29) is 11.9 Å². The number of rotatable bonds is 4. The van der Waals surface area contributed by atoms with Gasteiger partial charge in [0.05, 0.1) is 17.9 Å². The lowest BCUT2D eigenvalue weighted by molar-refractivity contribution is 0.0935. The molecule has 2 heterocycles. The van der Waals surface area contributed by atoms with Gasteiger partial charge >= 0.3 is 0 Å². The molecule has 0 aliphatic heterocycles. The second-order valence-corrected chi connectivity index (χ2v) is 6.65. The zero-order valence-electron chi connectivity index (χ0n) is 14.4. The SMILES string of the molecule is C[C@H](NC(=O)c1cc(-c2cnn(C)c2)n[nH]1)c1ccc2c(c1)CCC2. The minimum Gasteiger partial charge on any atom is -0.344 e. The first-order chi connectivity index (χ1) is 12.1. The Morgan fingerprint density at radius 2 is 2.12 bits per heavy atom. The van der Waals surface area contributed by atoms with Crippen LogP contribution in [-0.4, -0.2) is 25.9 Å². The average Bonchev–Trinajstić information content (AvgIpc) is 3.33. The normalized spacial score (nSPS) is 14.3. The van der Waals surface area contributed by atoms with Gasteiger partial charge in [-0.15, -0.1) is 0 Å². The fourth-order valence-electron chi connectivity index (χ4n) is 3.36. The zero-order chi connectivity index (χ0) is 17.4. The van der Waals surface area contributed by atoms with Gasteiger partial charge in [-0.05, 0) is 48.9 Å². The minimum absolute atomic E-state index is 0.0523. The van der Waals surface area contributed by atoms with Crippen molar-refractivity contribution in [2.75, 3.05) is 0 Å². The van der Waals surface area contributed by atoms with E-state index in [2.05, 4.69) is 38.8 Å². The van der Waals surface area contributed by atoms with Gasteiger partial charge in [-0.2, -0.15) is 10.2 Å². The van der Waals surface area contributed by atoms with E-state index in [9.17, 15) is 4.79 Å². The van der Waals surface area contributed by atoms with Crippen molar-refractivity contribution >= 4 is 5.91 Å². The van der Waals surface area contributed by atoms with E-state index in [0.29, 0.717) is 11.4 Å². The minimum atomic E-state index is -0.157. The van der Waals surface area contributed by atoms with Crippen molar-refractivity contribution < 1.29 is 4.79 Å². The number of amides is 1. The predicted molar refractivity (Wildman–Crippen MR) is 95.1 cm³/mol. The fourth-order valence-corrected chi connectivity index (χ4v) is 3.36. The van der Waals surface area contributed by atoms with E-state index in [0.717, 1.165) is 17.5 Å². The summed E-state index contributed by atoms with van der Waals surface area (Å²) in [4.78, 5) is 12.5. The van der Waals surface area contributed by atoms with Crippen molar-refractivity contribution in [1.82, 2.24) is 25.3 Å². The van der Waals surface area contributed by atoms with Crippen LogP contribution in [0.2, 0.25) is 0 Å². The predicted octanol–water partition coefficient (Wildman–Crippen LogP) is 2.79. The lowest BCUT2D eigenvalue weighted by atomic mass is 10.0. The van der Waals surface area contributed by atoms with Gasteiger partial charge in [0.1, 0.15) is 5.69 Å². The number of benzene rings is 1. The summed E-state index contributed by atoms with van der Waals surface area (Å²) in [5.41, 5.74) is 6.04. The molecule has 2 aromatic heterocycles. The number of nitrogens with one attached hydrogen (secondary N) is 2. The molecule has 25 heavy (non-hydrogen) atoms. The Morgan fingerprint density at radius 3 is 2.92 bits per heavy atom. The molecule has 2 N–H and O–H groups in total. The van der Waals surface area contributed by atoms with Crippen molar-refractivity contribution in [1.29, 1.82) is 0 Å². The van der Waals surface area contributed by atoms with E-state index in [1.807, 2.05) is 20.2 Å². The van der Waals surface area contributed by atoms with Crippen LogP contribution in [0.15, 0.2) is 36.7 Å². The van der Waals surface area contributed by atoms with Gasteiger partial charge in [-0.1, -0.05) is 18.2 Å². The molecule has 0 unspecified atom stereocenters. The highest BCUT2D eigenvalue weighted by molar-refractivity contribution is 5.93. The molecule has 1 aromatic carbocycles. The highest BCUT2D eigenvalue weighted by Crippen LogP contribution is 2.25. The van der Waals surface area contributed by atoms with Crippen LogP contribution in [0, 0.1) is 0 Å². The molecule has 6 heteroatoms. The van der Waals surface area contributed by atoms with Gasteiger partial charge in [-0.3, -0.25) is 14.6 Å². The molecule has 1 amide bonds. The summed E-state index contributed by atoms with van der Waals surface area (Å²) < 4.78 is 1.71. The number of aromatic amines is 1. The highest BCUT2D eigenvalue weighted by Gasteiger charge is 2.17. The number of fused-ring (bicyclic) bond motifs is 1. The highest BCUT2D eigenvalue weighted by atomic mass is 16.2. The molecule has 0 saturated carbocycles. The summed E-state index contributed by atoms with van der Waals surface area (Å²) in [5.74, 6) is -0.157. The van der Waals surface area contributed by atoms with Crippen molar-refractivity contribution in [2.45, 2.75) is 32.2 Å². The van der Waals surface area contributed by atoms with E-state index >= 15 is 0 Å². The van der Waals surface area contributed by atoms with Crippen LogP contribution in [0.1, 0.15) is 46.6 Å². The summed E-state index contributed by atoms with van der Waals surface area (Å²) in [6.07, 6.45) is 7.13. The number of hydrogen-bond donors (Lipinski definition) is 2. The maximum absolute atomic E-state index is 12.5. The molecule has 0 saturated heterocycles. The van der Waals surface area contributed by atoms with Crippen molar-refractivity contribution in [3.05, 3.63) is 59.0 Å². The number of nitrogens with zero attached hydrogens (tertiary/aromatic N) is 3. The third kappa shape index (κ3) is 3.07. The first kappa shape index (κ1) is 15.6. The van der Waals surface area contributed by atoms with Crippen LogP contribution in [0.5, 0.6) is 0 Å². The van der Waals surface area contributed by atoms with Crippen molar-refractivity contribution in [3.63, 3.8) is 0 Å². The Morgan fingerprint density at radius 1 is 1.28 bits per heavy atom. The summed E-state index contributed by atoms with van der Waals surface area (Å²) in [5, 5.41) is 14.2. The Bertz CT molecular complexity index is 924. The Balaban J connectivity index is 1.47. The third-order valence-electron chi connectivity index (χ3n) is 4.79. The third-order valence-corrected chi connectivity index (χ3v) is 4.79.